The van der Waals surface area contributed by atoms with Crippen LogP contribution < -0.4 is 21.2 Å². The van der Waals surface area contributed by atoms with Crippen LogP contribution in [0.5, 0.6) is 0 Å². The first-order valence-corrected chi connectivity index (χ1v) is 21.0. The molecule has 56 heavy (non-hydrogen) atoms. The number of hydrogen-bond acceptors (Lipinski definition) is 2. The fourth-order valence-corrected chi connectivity index (χ4v) is 10.6. The van der Waals surface area contributed by atoms with Gasteiger partial charge in [0, 0.05) is 11.9 Å². The minimum Gasteiger partial charge on any atom is -0.697 e. The molecule has 2 N–H and O–H groups in total. The van der Waals surface area contributed by atoms with E-state index in [1.807, 2.05) is 24.3 Å². The van der Waals surface area contributed by atoms with Gasteiger partial charge in [-0.1, -0.05) is 78.9 Å². The minimum absolute atomic E-state index is 0. The molecule has 1 heterocycles. The summed E-state index contributed by atoms with van der Waals surface area (Å²) in [5.41, 5.74) is 7.99. The van der Waals surface area contributed by atoms with E-state index in [0.717, 1.165) is 12.3 Å². The summed E-state index contributed by atoms with van der Waals surface area (Å²) < 4.78 is 35.9. The molecule has 1 aromatic heterocycles. The molecule has 0 aliphatic rings. The second kappa shape index (κ2) is 23.1. The van der Waals surface area contributed by atoms with Crippen molar-refractivity contribution in [2.24, 2.45) is 0 Å². The van der Waals surface area contributed by atoms with Crippen molar-refractivity contribution in [1.82, 2.24) is 4.98 Å². The van der Waals surface area contributed by atoms with Gasteiger partial charge in [-0.25, -0.2) is 0 Å². The Hall–Kier alpha value is -5.02. The SMILES string of the molecule is N=C(/C=C(\[NH-])c1ccccn1)C(F)(F)F.[Ir+3].[c-]1ccccc1C[PH+](c1ccccc1)c1ccccc1.[c-]1ccccc1C[PH+](c1ccccc1)c1ccccc1. The molecule has 0 spiro atoms. The average molecular weight is 959 g/mol. The Balaban J connectivity index is 0.000000187. The van der Waals surface area contributed by atoms with Crippen molar-refractivity contribution in [2.45, 2.75) is 18.5 Å². The van der Waals surface area contributed by atoms with Crippen LogP contribution in [0.1, 0.15) is 16.8 Å². The first kappa shape index (κ1) is 43.7. The molecular formula is C47H41F3IrN3P2+2. The molecule has 0 saturated carbocycles. The van der Waals surface area contributed by atoms with Gasteiger partial charge in [-0.15, -0.1) is 16.8 Å². The second-order valence-corrected chi connectivity index (χ2v) is 17.2. The fourth-order valence-electron chi connectivity index (χ4n) is 5.58. The molecule has 0 aliphatic carbocycles. The molecule has 0 fully saturated rings. The summed E-state index contributed by atoms with van der Waals surface area (Å²) in [6, 6.07) is 71.4. The molecule has 6 aromatic carbocycles. The number of pyridine rings is 1. The third-order valence-electron chi connectivity index (χ3n) is 8.31. The van der Waals surface area contributed by atoms with Gasteiger partial charge in [-0.3, -0.25) is 10.4 Å². The molecule has 9 heteroatoms. The van der Waals surface area contributed by atoms with Crippen LogP contribution in [0.2, 0.25) is 0 Å². The molecular weight excluding hydrogens is 918 g/mol. The van der Waals surface area contributed by atoms with Crippen LogP contribution in [0, 0.1) is 17.5 Å². The number of hydrogen-bond donors (Lipinski definition) is 1. The van der Waals surface area contributed by atoms with E-state index < -0.39 is 33.4 Å². The van der Waals surface area contributed by atoms with E-state index >= 15 is 0 Å². The van der Waals surface area contributed by atoms with E-state index in [9.17, 15) is 13.2 Å². The van der Waals surface area contributed by atoms with Crippen molar-refractivity contribution in [3.63, 3.8) is 0 Å². The van der Waals surface area contributed by atoms with Crippen LogP contribution in [-0.2, 0) is 32.4 Å². The van der Waals surface area contributed by atoms with Crippen LogP contribution in [0.15, 0.2) is 200 Å². The Morgan fingerprint density at radius 1 is 0.554 bits per heavy atom. The van der Waals surface area contributed by atoms with E-state index in [0.29, 0.717) is 6.08 Å². The van der Waals surface area contributed by atoms with Crippen LogP contribution in [-0.4, -0.2) is 16.9 Å². The van der Waals surface area contributed by atoms with Crippen LogP contribution in [0.4, 0.5) is 13.2 Å². The number of alkyl halides is 3. The molecule has 7 aromatic rings. The van der Waals surface area contributed by atoms with E-state index in [2.05, 4.69) is 163 Å². The van der Waals surface area contributed by atoms with Crippen molar-refractivity contribution in [3.8, 4) is 0 Å². The van der Waals surface area contributed by atoms with Crippen LogP contribution in [0.25, 0.3) is 11.4 Å². The van der Waals surface area contributed by atoms with Crippen molar-refractivity contribution < 1.29 is 33.3 Å². The largest absolute Gasteiger partial charge is 3.00 e. The standard InChI is InChI=1S/2C19H16P.C9H7F3N3.Ir/c2*1-4-10-17(11-5-1)16-20(18-12-6-2-7-13-18)19-14-8-3-9-15-19;10-9(11,12)8(14)5-6(13)7-3-1-2-4-15-7;/h2*1-10,12-15H,16H2;1-5,13-14H;/q3*-1;+3/p+2/b;;6-5-,14-8?;. The van der Waals surface area contributed by atoms with Gasteiger partial charge in [-0.05, 0) is 66.7 Å². The van der Waals surface area contributed by atoms with Gasteiger partial charge in [0.1, 0.15) is 5.71 Å². The molecule has 0 amide bonds. The van der Waals surface area contributed by atoms with E-state index in [1.165, 1.54) is 44.6 Å². The molecule has 3 nitrogen and oxygen atoms in total. The molecule has 282 valence electrons. The summed E-state index contributed by atoms with van der Waals surface area (Å²) in [4.78, 5) is 3.69. The normalized spacial score (nSPS) is 11.0. The predicted octanol–water partition coefficient (Wildman–Crippen LogP) is 10.8. The minimum atomic E-state index is -4.72. The summed E-state index contributed by atoms with van der Waals surface area (Å²) in [7, 11) is -1.57. The maximum absolute atomic E-state index is 12.0. The molecule has 0 radical (unpaired) electrons. The smallest absolute Gasteiger partial charge is 0.697 e. The van der Waals surface area contributed by atoms with Gasteiger partial charge in [0.25, 0.3) is 0 Å². The molecule has 0 unspecified atom stereocenters. The van der Waals surface area contributed by atoms with Crippen molar-refractivity contribution in [2.75, 3.05) is 0 Å². The zero-order chi connectivity index (χ0) is 38.7. The molecule has 0 aliphatic heterocycles. The van der Waals surface area contributed by atoms with Gasteiger partial charge in [-0.2, -0.15) is 73.8 Å². The molecule has 0 bridgehead atoms. The van der Waals surface area contributed by atoms with Crippen LogP contribution in [0.3, 0.4) is 0 Å². The van der Waals surface area contributed by atoms with Crippen molar-refractivity contribution >= 4 is 48.5 Å². The summed E-state index contributed by atoms with van der Waals surface area (Å²) in [5, 5.41) is 12.5. The molecule has 0 saturated heterocycles. The fraction of sp³-hybridized carbons (Fsp3) is 0.0638. The summed E-state index contributed by atoms with van der Waals surface area (Å²) in [5.74, 6) is 0. The Bertz CT molecular complexity index is 1960. The second-order valence-electron chi connectivity index (χ2n) is 12.2. The van der Waals surface area contributed by atoms with Crippen molar-refractivity contribution in [3.05, 3.63) is 235 Å². The van der Waals surface area contributed by atoms with E-state index in [1.54, 1.807) is 12.1 Å². The number of halogens is 3. The molecule has 7 rings (SSSR count). The Labute approximate surface area is 344 Å². The van der Waals surface area contributed by atoms with Gasteiger partial charge >= 0.3 is 26.3 Å². The van der Waals surface area contributed by atoms with Crippen LogP contribution >= 0.6 is 15.8 Å². The summed E-state index contributed by atoms with van der Waals surface area (Å²) in [6.07, 6.45) is -0.753. The number of rotatable bonds is 10. The number of nitrogens with one attached hydrogen (secondary N) is 2. The first-order chi connectivity index (χ1) is 26.8. The maximum Gasteiger partial charge on any atom is 3.00 e. The maximum atomic E-state index is 12.0. The quantitative estimate of drug-likeness (QED) is 0.0829. The van der Waals surface area contributed by atoms with Gasteiger partial charge in [0.2, 0.25) is 0 Å². The summed E-state index contributed by atoms with van der Waals surface area (Å²) >= 11 is 0. The molecule has 0 atom stereocenters. The number of benzene rings is 6. The van der Waals surface area contributed by atoms with Gasteiger partial charge in [0.05, 0.1) is 49.4 Å². The summed E-state index contributed by atoms with van der Waals surface area (Å²) in [6.45, 7) is 0. The van der Waals surface area contributed by atoms with Crippen molar-refractivity contribution in [1.29, 1.82) is 5.41 Å². The third-order valence-corrected chi connectivity index (χ3v) is 13.9. The first-order valence-electron chi connectivity index (χ1n) is 17.6. The van der Waals surface area contributed by atoms with Gasteiger partial charge in [0.15, 0.2) is 0 Å². The third kappa shape index (κ3) is 14.2. The zero-order valence-electron chi connectivity index (χ0n) is 30.4. The number of nitrogens with zero attached hydrogens (tertiary/aromatic N) is 1. The topological polar surface area (TPSA) is 60.5 Å². The Morgan fingerprint density at radius 2 is 0.911 bits per heavy atom. The number of aromatic nitrogens is 1. The van der Waals surface area contributed by atoms with E-state index in [4.69, 9.17) is 11.1 Å². The van der Waals surface area contributed by atoms with E-state index in [-0.39, 0.29) is 25.8 Å². The Morgan fingerprint density at radius 3 is 1.21 bits per heavy atom. The average Bonchev–Trinajstić information content (AvgIpc) is 3.24. The van der Waals surface area contributed by atoms with Gasteiger partial charge < -0.3 is 5.73 Å². The number of allylic oxidation sites excluding steroid dienone is 1. The Kier molecular flexibility index (Phi) is 18.1. The monoisotopic (exact) mass is 959 g/mol. The predicted molar refractivity (Wildman–Crippen MR) is 229 cm³/mol. The zero-order valence-corrected chi connectivity index (χ0v) is 34.8.